The smallest absolute Gasteiger partial charge is 0.253 e. The number of benzene rings is 2. The van der Waals surface area contributed by atoms with Crippen molar-refractivity contribution in [3.05, 3.63) is 71.0 Å². The molecule has 2 amide bonds. The van der Waals surface area contributed by atoms with E-state index in [0.29, 0.717) is 50.3 Å². The molecule has 7 heteroatoms. The fraction of sp³-hybridized carbons (Fsp3) is 0.300. The maximum Gasteiger partial charge on any atom is 0.253 e. The highest BCUT2D eigenvalue weighted by atomic mass is 35.5. The quantitative estimate of drug-likeness (QED) is 0.874. The van der Waals surface area contributed by atoms with Crippen LogP contribution >= 0.6 is 12.4 Å². The van der Waals surface area contributed by atoms with Gasteiger partial charge in [-0.2, -0.15) is 0 Å². The first kappa shape index (κ1) is 20.9. The molecule has 0 aromatic heterocycles. The van der Waals surface area contributed by atoms with Gasteiger partial charge in [0.2, 0.25) is 0 Å². The molecule has 0 saturated carbocycles. The van der Waals surface area contributed by atoms with Crippen LogP contribution in [0.3, 0.4) is 0 Å². The second-order valence-corrected chi connectivity index (χ2v) is 6.35. The van der Waals surface area contributed by atoms with Crippen LogP contribution in [0.25, 0.3) is 0 Å². The zero-order chi connectivity index (χ0) is 18.5. The molecule has 2 aromatic rings. The number of nitrogens with two attached hydrogens (primary N) is 1. The van der Waals surface area contributed by atoms with Gasteiger partial charge in [0, 0.05) is 43.9 Å². The van der Waals surface area contributed by atoms with E-state index < -0.39 is 0 Å². The minimum atomic E-state index is -0.366. The first-order valence-electron chi connectivity index (χ1n) is 8.71. The van der Waals surface area contributed by atoms with E-state index in [-0.39, 0.29) is 30.0 Å². The number of carbonyl (C=O) groups is 2. The molecule has 2 N–H and O–H groups in total. The number of amides is 2. The maximum atomic E-state index is 13.0. The Kier molecular flexibility index (Phi) is 7.33. The van der Waals surface area contributed by atoms with Gasteiger partial charge in [-0.05, 0) is 48.4 Å². The Bertz CT molecular complexity index is 781. The van der Waals surface area contributed by atoms with Crippen LogP contribution in [0.2, 0.25) is 0 Å². The van der Waals surface area contributed by atoms with Crippen LogP contribution in [-0.2, 0) is 6.54 Å². The van der Waals surface area contributed by atoms with Crippen LogP contribution in [0.4, 0.5) is 4.39 Å². The number of hydrogen-bond acceptors (Lipinski definition) is 3. The molecule has 0 spiro atoms. The summed E-state index contributed by atoms with van der Waals surface area (Å²) in [6.45, 7) is 2.56. The summed E-state index contributed by atoms with van der Waals surface area (Å²) in [4.78, 5) is 28.7. The molecule has 27 heavy (non-hydrogen) atoms. The third kappa shape index (κ3) is 5.05. The molecule has 0 radical (unpaired) electrons. The van der Waals surface area contributed by atoms with Crippen molar-refractivity contribution in [1.82, 2.24) is 9.80 Å². The lowest BCUT2D eigenvalue weighted by molar-refractivity contribution is 0.0718. The maximum absolute atomic E-state index is 13.0. The second-order valence-electron chi connectivity index (χ2n) is 6.35. The van der Waals surface area contributed by atoms with Gasteiger partial charge < -0.3 is 15.5 Å². The van der Waals surface area contributed by atoms with E-state index in [1.807, 2.05) is 12.1 Å². The van der Waals surface area contributed by atoms with Gasteiger partial charge in [-0.15, -0.1) is 12.4 Å². The molecule has 1 aliphatic heterocycles. The fourth-order valence-electron chi connectivity index (χ4n) is 3.06. The minimum Gasteiger partial charge on any atom is -0.337 e. The van der Waals surface area contributed by atoms with Crippen molar-refractivity contribution in [2.24, 2.45) is 5.73 Å². The number of nitrogens with zero attached hydrogens (tertiary/aromatic N) is 2. The first-order valence-corrected chi connectivity index (χ1v) is 8.71. The van der Waals surface area contributed by atoms with Crippen LogP contribution < -0.4 is 5.73 Å². The largest absolute Gasteiger partial charge is 0.337 e. The molecule has 5 nitrogen and oxygen atoms in total. The predicted octanol–water partition coefficient (Wildman–Crippen LogP) is 2.69. The van der Waals surface area contributed by atoms with Gasteiger partial charge >= 0.3 is 0 Å². The van der Waals surface area contributed by atoms with E-state index in [1.165, 1.54) is 24.3 Å². The first-order chi connectivity index (χ1) is 12.6. The summed E-state index contributed by atoms with van der Waals surface area (Å²) in [6, 6.07) is 12.8. The lowest BCUT2D eigenvalue weighted by Crippen LogP contribution is -2.37. The van der Waals surface area contributed by atoms with Gasteiger partial charge in [-0.3, -0.25) is 9.59 Å². The average Bonchev–Trinajstić information content (AvgIpc) is 2.94. The van der Waals surface area contributed by atoms with Crippen molar-refractivity contribution in [2.45, 2.75) is 13.0 Å². The predicted molar refractivity (Wildman–Crippen MR) is 104 cm³/mol. The van der Waals surface area contributed by atoms with Crippen molar-refractivity contribution in [1.29, 1.82) is 0 Å². The van der Waals surface area contributed by atoms with E-state index in [4.69, 9.17) is 5.73 Å². The lowest BCUT2D eigenvalue weighted by atomic mass is 10.1. The molecule has 3 rings (SSSR count). The van der Waals surface area contributed by atoms with Gasteiger partial charge in [0.05, 0.1) is 0 Å². The average molecular weight is 392 g/mol. The monoisotopic (exact) mass is 391 g/mol. The normalized spacial score (nSPS) is 14.3. The molecule has 0 atom stereocenters. The number of halogens is 2. The highest BCUT2D eigenvalue weighted by Crippen LogP contribution is 2.13. The minimum absolute atomic E-state index is 0. The van der Waals surface area contributed by atoms with Crippen molar-refractivity contribution in [3.8, 4) is 0 Å². The van der Waals surface area contributed by atoms with E-state index in [9.17, 15) is 14.0 Å². The molecular weight excluding hydrogens is 369 g/mol. The molecule has 0 aliphatic carbocycles. The molecule has 1 heterocycles. The van der Waals surface area contributed by atoms with Crippen molar-refractivity contribution in [2.75, 3.05) is 26.2 Å². The van der Waals surface area contributed by atoms with Crippen molar-refractivity contribution < 1.29 is 14.0 Å². The summed E-state index contributed by atoms with van der Waals surface area (Å²) in [5, 5.41) is 0. The molecule has 144 valence electrons. The molecule has 0 unspecified atom stereocenters. The number of rotatable bonds is 3. The van der Waals surface area contributed by atoms with Crippen LogP contribution in [0.15, 0.2) is 48.5 Å². The number of hydrogen-bond donors (Lipinski definition) is 1. The van der Waals surface area contributed by atoms with E-state index >= 15 is 0 Å². The standard InChI is InChI=1S/C20H22FN3O2.ClH/c21-18-8-6-17(7-9-18)20(26)24-11-1-10-23(12-13-24)19(25)16-4-2-15(14-22)3-5-16;/h2-9H,1,10-14,22H2;1H. The van der Waals surface area contributed by atoms with Crippen LogP contribution in [0.1, 0.15) is 32.7 Å². The van der Waals surface area contributed by atoms with Crippen molar-refractivity contribution >= 4 is 24.2 Å². The van der Waals surface area contributed by atoms with E-state index in [0.717, 1.165) is 5.56 Å². The molecule has 0 bridgehead atoms. The molecule has 1 saturated heterocycles. The molecule has 1 fully saturated rings. The SMILES string of the molecule is Cl.NCc1ccc(C(=O)N2CCCN(C(=O)c3ccc(F)cc3)CC2)cc1. The van der Waals surface area contributed by atoms with Gasteiger partial charge in [0.15, 0.2) is 0 Å². The van der Waals surface area contributed by atoms with Gasteiger partial charge in [0.1, 0.15) is 5.82 Å². The van der Waals surface area contributed by atoms with Crippen LogP contribution in [0.5, 0.6) is 0 Å². The third-order valence-corrected chi connectivity index (χ3v) is 4.60. The van der Waals surface area contributed by atoms with Crippen LogP contribution in [0, 0.1) is 5.82 Å². The Hall–Kier alpha value is -2.44. The zero-order valence-corrected chi connectivity index (χ0v) is 15.8. The zero-order valence-electron chi connectivity index (χ0n) is 14.9. The summed E-state index contributed by atoms with van der Waals surface area (Å²) in [5.74, 6) is -0.536. The van der Waals surface area contributed by atoms with E-state index in [1.54, 1.807) is 21.9 Å². The van der Waals surface area contributed by atoms with Gasteiger partial charge in [-0.25, -0.2) is 4.39 Å². The Balaban J connectivity index is 0.00000261. The summed E-state index contributed by atoms with van der Waals surface area (Å²) in [5.41, 5.74) is 7.65. The second kappa shape index (κ2) is 9.48. The Morgan fingerprint density at radius 2 is 1.26 bits per heavy atom. The lowest BCUT2D eigenvalue weighted by Gasteiger charge is -2.22. The summed E-state index contributed by atoms with van der Waals surface area (Å²) in [7, 11) is 0. The third-order valence-electron chi connectivity index (χ3n) is 4.60. The Labute approximate surface area is 164 Å². The van der Waals surface area contributed by atoms with Crippen molar-refractivity contribution in [3.63, 3.8) is 0 Å². The summed E-state index contributed by atoms with van der Waals surface area (Å²) < 4.78 is 13.0. The molecule has 2 aromatic carbocycles. The fourth-order valence-corrected chi connectivity index (χ4v) is 3.06. The highest BCUT2D eigenvalue weighted by Gasteiger charge is 2.23. The topological polar surface area (TPSA) is 66.6 Å². The summed E-state index contributed by atoms with van der Waals surface area (Å²) >= 11 is 0. The van der Waals surface area contributed by atoms with Gasteiger partial charge in [0.25, 0.3) is 11.8 Å². The number of carbonyl (C=O) groups excluding carboxylic acids is 2. The van der Waals surface area contributed by atoms with E-state index in [2.05, 4.69) is 0 Å². The highest BCUT2D eigenvalue weighted by molar-refractivity contribution is 5.95. The Morgan fingerprint density at radius 3 is 1.70 bits per heavy atom. The van der Waals surface area contributed by atoms with Gasteiger partial charge in [-0.1, -0.05) is 12.1 Å². The summed E-state index contributed by atoms with van der Waals surface area (Å²) in [6.07, 6.45) is 0.708. The Morgan fingerprint density at radius 1 is 0.815 bits per heavy atom. The molecular formula is C20H23ClFN3O2. The molecule has 1 aliphatic rings. The van der Waals surface area contributed by atoms with Crippen LogP contribution in [-0.4, -0.2) is 47.8 Å².